The van der Waals surface area contributed by atoms with Crippen LogP contribution in [0, 0.1) is 6.92 Å². The SMILES string of the molecule is COc1ccccc1C(=O)NC(CCSC)C(=O)NCc1ccc(C)s1. The van der Waals surface area contributed by atoms with Gasteiger partial charge in [0.15, 0.2) is 0 Å². The van der Waals surface area contributed by atoms with Gasteiger partial charge in [-0.05, 0) is 49.6 Å². The van der Waals surface area contributed by atoms with E-state index in [0.717, 1.165) is 10.6 Å². The van der Waals surface area contributed by atoms with E-state index < -0.39 is 6.04 Å². The van der Waals surface area contributed by atoms with Gasteiger partial charge in [-0.1, -0.05) is 12.1 Å². The van der Waals surface area contributed by atoms with Gasteiger partial charge >= 0.3 is 0 Å². The van der Waals surface area contributed by atoms with Crippen LogP contribution in [0.1, 0.15) is 26.5 Å². The molecule has 0 spiro atoms. The maximum absolute atomic E-state index is 12.6. The van der Waals surface area contributed by atoms with Gasteiger partial charge < -0.3 is 15.4 Å². The monoisotopic (exact) mass is 392 g/mol. The number of nitrogens with one attached hydrogen (secondary N) is 2. The third-order valence-electron chi connectivity index (χ3n) is 3.82. The van der Waals surface area contributed by atoms with Crippen molar-refractivity contribution in [3.05, 3.63) is 51.7 Å². The molecular formula is C19H24N2O3S2. The fraction of sp³-hybridized carbons (Fsp3) is 0.368. The first kappa shape index (κ1) is 20.3. The first-order valence-electron chi connectivity index (χ1n) is 8.31. The van der Waals surface area contributed by atoms with Crippen molar-refractivity contribution >= 4 is 34.9 Å². The molecule has 0 saturated heterocycles. The number of aryl methyl sites for hydroxylation is 1. The van der Waals surface area contributed by atoms with Crippen molar-refractivity contribution < 1.29 is 14.3 Å². The lowest BCUT2D eigenvalue weighted by Crippen LogP contribution is -2.46. The van der Waals surface area contributed by atoms with Crippen molar-refractivity contribution in [1.29, 1.82) is 0 Å². The topological polar surface area (TPSA) is 67.4 Å². The highest BCUT2D eigenvalue weighted by Crippen LogP contribution is 2.18. The number of thiophene rings is 1. The minimum Gasteiger partial charge on any atom is -0.496 e. The Balaban J connectivity index is 2.03. The zero-order valence-corrected chi connectivity index (χ0v) is 16.8. The molecule has 0 aliphatic heterocycles. The molecule has 1 heterocycles. The molecule has 140 valence electrons. The summed E-state index contributed by atoms with van der Waals surface area (Å²) in [6.45, 7) is 2.50. The van der Waals surface area contributed by atoms with Crippen molar-refractivity contribution in [3.63, 3.8) is 0 Å². The second kappa shape index (κ2) is 10.2. The molecule has 0 aliphatic rings. The summed E-state index contributed by atoms with van der Waals surface area (Å²) >= 11 is 3.29. The minimum atomic E-state index is -0.582. The third-order valence-corrected chi connectivity index (χ3v) is 5.46. The molecule has 0 aliphatic carbocycles. The first-order chi connectivity index (χ1) is 12.5. The van der Waals surface area contributed by atoms with E-state index >= 15 is 0 Å². The van der Waals surface area contributed by atoms with Crippen molar-refractivity contribution in [2.24, 2.45) is 0 Å². The quantitative estimate of drug-likeness (QED) is 0.688. The normalized spacial score (nSPS) is 11.7. The van der Waals surface area contributed by atoms with Gasteiger partial charge in [0.25, 0.3) is 5.91 Å². The highest BCUT2D eigenvalue weighted by molar-refractivity contribution is 7.98. The van der Waals surface area contributed by atoms with E-state index in [9.17, 15) is 9.59 Å². The summed E-state index contributed by atoms with van der Waals surface area (Å²) in [5.74, 6) is 0.787. The van der Waals surface area contributed by atoms with E-state index in [1.807, 2.05) is 25.3 Å². The highest BCUT2D eigenvalue weighted by Gasteiger charge is 2.22. The molecule has 1 atom stereocenters. The molecule has 2 amide bonds. The molecule has 2 N–H and O–H groups in total. The van der Waals surface area contributed by atoms with E-state index in [1.165, 1.54) is 12.0 Å². The predicted octanol–water partition coefficient (Wildman–Crippen LogP) is 3.23. The lowest BCUT2D eigenvalue weighted by molar-refractivity contribution is -0.123. The second-order valence-electron chi connectivity index (χ2n) is 5.74. The van der Waals surface area contributed by atoms with E-state index in [1.54, 1.807) is 47.4 Å². The Labute approximate surface area is 162 Å². The van der Waals surface area contributed by atoms with Crippen LogP contribution in [0.2, 0.25) is 0 Å². The van der Waals surface area contributed by atoms with Gasteiger partial charge in [0.05, 0.1) is 19.2 Å². The average Bonchev–Trinajstić information content (AvgIpc) is 3.08. The van der Waals surface area contributed by atoms with Crippen LogP contribution >= 0.6 is 23.1 Å². The first-order valence-corrected chi connectivity index (χ1v) is 10.5. The molecule has 26 heavy (non-hydrogen) atoms. The van der Waals surface area contributed by atoms with Crippen LogP contribution in [0.5, 0.6) is 5.75 Å². The molecule has 5 nitrogen and oxygen atoms in total. The maximum atomic E-state index is 12.6. The summed E-state index contributed by atoms with van der Waals surface area (Å²) in [4.78, 5) is 27.5. The minimum absolute atomic E-state index is 0.173. The summed E-state index contributed by atoms with van der Waals surface area (Å²) < 4.78 is 5.23. The lowest BCUT2D eigenvalue weighted by atomic mass is 10.1. The van der Waals surface area contributed by atoms with Crippen molar-refractivity contribution in [3.8, 4) is 5.75 Å². The maximum Gasteiger partial charge on any atom is 0.255 e. The van der Waals surface area contributed by atoms with E-state index in [2.05, 4.69) is 10.6 Å². The van der Waals surface area contributed by atoms with Crippen LogP contribution in [0.3, 0.4) is 0 Å². The molecule has 1 aromatic heterocycles. The number of thioether (sulfide) groups is 1. The number of rotatable bonds is 9. The largest absolute Gasteiger partial charge is 0.496 e. The number of methoxy groups -OCH3 is 1. The number of benzene rings is 1. The smallest absolute Gasteiger partial charge is 0.255 e. The van der Waals surface area contributed by atoms with Crippen molar-refractivity contribution in [1.82, 2.24) is 10.6 Å². The molecular weight excluding hydrogens is 368 g/mol. The highest BCUT2D eigenvalue weighted by atomic mass is 32.2. The molecule has 0 fully saturated rings. The Morgan fingerprint density at radius 1 is 1.23 bits per heavy atom. The molecule has 2 aromatic rings. The number of ether oxygens (including phenoxy) is 1. The summed E-state index contributed by atoms with van der Waals surface area (Å²) in [6, 6.07) is 10.4. The number of para-hydroxylation sites is 1. The molecule has 0 radical (unpaired) electrons. The molecule has 2 rings (SSSR count). The molecule has 1 aromatic carbocycles. The molecule has 7 heteroatoms. The Morgan fingerprint density at radius 3 is 2.65 bits per heavy atom. The van der Waals surface area contributed by atoms with Crippen molar-refractivity contribution in [2.45, 2.75) is 25.9 Å². The second-order valence-corrected chi connectivity index (χ2v) is 8.10. The lowest BCUT2D eigenvalue weighted by Gasteiger charge is -2.19. The zero-order chi connectivity index (χ0) is 18.9. The van der Waals surface area contributed by atoms with Crippen LogP contribution in [-0.4, -0.2) is 37.0 Å². The Hall–Kier alpha value is -1.99. The van der Waals surface area contributed by atoms with Gasteiger partial charge in [-0.15, -0.1) is 11.3 Å². The Bertz CT molecular complexity index is 746. The summed E-state index contributed by atoms with van der Waals surface area (Å²) in [5, 5.41) is 5.77. The predicted molar refractivity (Wildman–Crippen MR) is 108 cm³/mol. The fourth-order valence-corrected chi connectivity index (χ4v) is 3.75. The Kier molecular flexibility index (Phi) is 8.00. The number of hydrogen-bond acceptors (Lipinski definition) is 5. The van der Waals surface area contributed by atoms with Gasteiger partial charge in [0.2, 0.25) is 5.91 Å². The van der Waals surface area contributed by atoms with Crippen LogP contribution in [-0.2, 0) is 11.3 Å². The summed E-state index contributed by atoms with van der Waals surface area (Å²) in [7, 11) is 1.52. The van der Waals surface area contributed by atoms with Gasteiger partial charge in [-0.3, -0.25) is 9.59 Å². The summed E-state index contributed by atoms with van der Waals surface area (Å²) in [6.07, 6.45) is 2.54. The van der Waals surface area contributed by atoms with Gasteiger partial charge in [-0.25, -0.2) is 0 Å². The van der Waals surface area contributed by atoms with Gasteiger partial charge in [-0.2, -0.15) is 11.8 Å². The van der Waals surface area contributed by atoms with Gasteiger partial charge in [0.1, 0.15) is 11.8 Å². The molecule has 0 saturated carbocycles. The van der Waals surface area contributed by atoms with E-state index in [0.29, 0.717) is 24.3 Å². The number of hydrogen-bond donors (Lipinski definition) is 2. The zero-order valence-electron chi connectivity index (χ0n) is 15.2. The number of carbonyl (C=O) groups is 2. The van der Waals surface area contributed by atoms with Crippen molar-refractivity contribution in [2.75, 3.05) is 19.1 Å². The van der Waals surface area contributed by atoms with Crippen LogP contribution < -0.4 is 15.4 Å². The van der Waals surface area contributed by atoms with Gasteiger partial charge in [0, 0.05) is 9.75 Å². The molecule has 1 unspecified atom stereocenters. The third kappa shape index (κ3) is 5.78. The average molecular weight is 393 g/mol. The van der Waals surface area contributed by atoms with Crippen LogP contribution in [0.25, 0.3) is 0 Å². The number of amides is 2. The van der Waals surface area contributed by atoms with E-state index in [4.69, 9.17) is 4.74 Å². The van der Waals surface area contributed by atoms with Crippen LogP contribution in [0.15, 0.2) is 36.4 Å². The standard InChI is InChI=1S/C19H24N2O3S2/c1-13-8-9-14(26-13)12-20-19(23)16(10-11-25-3)21-18(22)15-6-4-5-7-17(15)24-2/h4-9,16H,10-12H2,1-3H3,(H,20,23)(H,21,22). The Morgan fingerprint density at radius 2 is 2.00 bits per heavy atom. The number of carbonyl (C=O) groups excluding carboxylic acids is 2. The van der Waals surface area contributed by atoms with Crippen LogP contribution in [0.4, 0.5) is 0 Å². The van der Waals surface area contributed by atoms with E-state index in [-0.39, 0.29) is 11.8 Å². The fourth-order valence-electron chi connectivity index (χ4n) is 2.45. The summed E-state index contributed by atoms with van der Waals surface area (Å²) in [5.41, 5.74) is 0.422. The molecule has 0 bridgehead atoms.